The highest BCUT2D eigenvalue weighted by Gasteiger charge is 2.50. The van der Waals surface area contributed by atoms with Crippen LogP contribution in [0.25, 0.3) is 11.1 Å². The van der Waals surface area contributed by atoms with Crippen molar-refractivity contribution < 1.29 is 0 Å². The minimum atomic E-state index is -0.390. The summed E-state index contributed by atoms with van der Waals surface area (Å²) >= 11 is 1.63. The van der Waals surface area contributed by atoms with Crippen LogP contribution < -0.4 is 10.6 Å². The summed E-state index contributed by atoms with van der Waals surface area (Å²) in [5.41, 5.74) is 9.03. The Morgan fingerprint density at radius 3 is 2.79 bits per heavy atom. The van der Waals surface area contributed by atoms with Crippen LogP contribution in [0.5, 0.6) is 0 Å². The van der Waals surface area contributed by atoms with Crippen molar-refractivity contribution >= 4 is 22.7 Å². The van der Waals surface area contributed by atoms with Crippen LogP contribution >= 0.6 is 11.8 Å². The van der Waals surface area contributed by atoms with Gasteiger partial charge in [-0.05, 0) is 17.2 Å². The third-order valence-corrected chi connectivity index (χ3v) is 6.38. The number of rotatable bonds is 3. The van der Waals surface area contributed by atoms with Crippen LogP contribution in [-0.2, 0) is 5.54 Å². The van der Waals surface area contributed by atoms with Crippen LogP contribution in [0.2, 0.25) is 0 Å². The third kappa shape index (κ3) is 2.90. The molecule has 8 heteroatoms. The van der Waals surface area contributed by atoms with Gasteiger partial charge in [0.15, 0.2) is 5.17 Å². The van der Waals surface area contributed by atoms with Crippen LogP contribution in [0.4, 0.5) is 5.82 Å². The first-order chi connectivity index (χ1) is 13.7. The molecular weight excluding hydrogens is 370 g/mol. The molecule has 1 saturated heterocycles. The minimum Gasteiger partial charge on any atom is -0.379 e. The molecule has 3 aromatic rings. The van der Waals surface area contributed by atoms with E-state index in [1.165, 1.54) is 0 Å². The first-order valence-electron chi connectivity index (χ1n) is 9.10. The molecule has 2 aliphatic rings. The number of fused-ring (bicyclic) bond motifs is 1. The maximum absolute atomic E-state index is 6.19. The van der Waals surface area contributed by atoms with Gasteiger partial charge in [-0.1, -0.05) is 30.0 Å². The standard InChI is InChI=1S/C20H19N7S/c21-19-26-20(16-3-1-2-14(6-16)15-7-23-13-24-8-15)12-27(10-17(20)11-28-19)18-9-22-4-5-25-18/h1-9,13,17H,10-12H2,(H2,21,26). The summed E-state index contributed by atoms with van der Waals surface area (Å²) in [5, 5.41) is 0.644. The summed E-state index contributed by atoms with van der Waals surface area (Å²) in [5.74, 6) is 2.15. The fourth-order valence-corrected chi connectivity index (χ4v) is 5.05. The summed E-state index contributed by atoms with van der Waals surface area (Å²) in [6, 6.07) is 8.49. The van der Waals surface area contributed by atoms with Crippen molar-refractivity contribution in [2.24, 2.45) is 16.6 Å². The highest BCUT2D eigenvalue weighted by atomic mass is 32.2. The zero-order chi connectivity index (χ0) is 19.0. The van der Waals surface area contributed by atoms with E-state index < -0.39 is 5.54 Å². The number of hydrogen-bond acceptors (Lipinski definition) is 8. The van der Waals surface area contributed by atoms with Crippen LogP contribution in [0, 0.1) is 5.92 Å². The SMILES string of the molecule is NC1=NC2(c3cccc(-c4cncnc4)c3)CN(c3cnccn3)CC2CS1. The highest BCUT2D eigenvalue weighted by molar-refractivity contribution is 8.13. The van der Waals surface area contributed by atoms with Gasteiger partial charge in [0.05, 0.1) is 6.20 Å². The summed E-state index contributed by atoms with van der Waals surface area (Å²) in [6.07, 6.45) is 10.4. The molecule has 0 amide bonds. The second kappa shape index (κ2) is 6.87. The van der Waals surface area contributed by atoms with Crippen LogP contribution in [0.1, 0.15) is 5.56 Å². The summed E-state index contributed by atoms with van der Waals surface area (Å²) < 4.78 is 0. The minimum absolute atomic E-state index is 0.342. The average molecular weight is 389 g/mol. The molecule has 4 heterocycles. The van der Waals surface area contributed by atoms with Crippen molar-refractivity contribution in [3.05, 3.63) is 67.1 Å². The van der Waals surface area contributed by atoms with Gasteiger partial charge in [0, 0.05) is 55.1 Å². The number of thioether (sulfide) groups is 1. The molecule has 0 saturated carbocycles. The molecule has 0 radical (unpaired) electrons. The van der Waals surface area contributed by atoms with E-state index in [0.29, 0.717) is 11.1 Å². The quantitative estimate of drug-likeness (QED) is 0.735. The fourth-order valence-electron chi connectivity index (χ4n) is 4.07. The van der Waals surface area contributed by atoms with Crippen molar-refractivity contribution in [2.45, 2.75) is 5.54 Å². The second-order valence-corrected chi connectivity index (χ2v) is 8.07. The molecule has 2 unspecified atom stereocenters. The Balaban J connectivity index is 1.58. The van der Waals surface area contributed by atoms with Gasteiger partial charge >= 0.3 is 0 Å². The first-order valence-corrected chi connectivity index (χ1v) is 10.1. The average Bonchev–Trinajstić information content (AvgIpc) is 3.15. The lowest BCUT2D eigenvalue weighted by Gasteiger charge is -2.35. The van der Waals surface area contributed by atoms with Gasteiger partial charge in [-0.15, -0.1) is 0 Å². The Kier molecular flexibility index (Phi) is 4.20. The Labute approximate surface area is 167 Å². The lowest BCUT2D eigenvalue weighted by atomic mass is 9.81. The van der Waals surface area contributed by atoms with Crippen LogP contribution in [-0.4, -0.2) is 43.9 Å². The maximum atomic E-state index is 6.19. The molecule has 28 heavy (non-hydrogen) atoms. The molecule has 7 nitrogen and oxygen atoms in total. The van der Waals surface area contributed by atoms with E-state index >= 15 is 0 Å². The van der Waals surface area contributed by atoms with Crippen molar-refractivity contribution in [1.29, 1.82) is 0 Å². The molecule has 1 fully saturated rings. The van der Waals surface area contributed by atoms with E-state index in [9.17, 15) is 0 Å². The summed E-state index contributed by atoms with van der Waals surface area (Å²) in [7, 11) is 0. The Morgan fingerprint density at radius 1 is 1.07 bits per heavy atom. The molecule has 140 valence electrons. The Hall–Kier alpha value is -3.00. The van der Waals surface area contributed by atoms with Gasteiger partial charge in [-0.3, -0.25) is 4.98 Å². The number of nitrogens with two attached hydrogens (primary N) is 1. The predicted octanol–water partition coefficient (Wildman–Crippen LogP) is 2.33. The van der Waals surface area contributed by atoms with E-state index in [1.807, 2.05) is 18.6 Å². The van der Waals surface area contributed by atoms with Gasteiger partial charge in [-0.25, -0.2) is 19.9 Å². The molecule has 0 spiro atoms. The number of aromatic nitrogens is 4. The summed E-state index contributed by atoms with van der Waals surface area (Å²) in [4.78, 5) is 24.3. The van der Waals surface area contributed by atoms with Crippen molar-refractivity contribution in [2.75, 3.05) is 23.7 Å². The number of anilines is 1. The van der Waals surface area contributed by atoms with Crippen molar-refractivity contribution in [3.63, 3.8) is 0 Å². The molecule has 2 atom stereocenters. The van der Waals surface area contributed by atoms with Crippen molar-refractivity contribution in [3.8, 4) is 11.1 Å². The molecule has 0 aliphatic carbocycles. The molecule has 2 N–H and O–H groups in total. The van der Waals surface area contributed by atoms with Gasteiger partial charge in [0.2, 0.25) is 0 Å². The molecular formula is C20H19N7S. The van der Waals surface area contributed by atoms with Crippen LogP contribution in [0.3, 0.4) is 0 Å². The van der Waals surface area contributed by atoms with Crippen molar-refractivity contribution in [1.82, 2.24) is 19.9 Å². The first kappa shape index (κ1) is 17.1. The molecule has 0 bridgehead atoms. The highest BCUT2D eigenvalue weighted by Crippen LogP contribution is 2.46. The lowest BCUT2D eigenvalue weighted by Crippen LogP contribution is -2.40. The number of amidine groups is 1. The Morgan fingerprint density at radius 2 is 1.96 bits per heavy atom. The zero-order valence-electron chi connectivity index (χ0n) is 15.1. The van der Waals surface area contributed by atoms with E-state index in [2.05, 4.69) is 49.1 Å². The number of nitrogens with zero attached hydrogens (tertiary/aromatic N) is 6. The van der Waals surface area contributed by atoms with Gasteiger partial charge < -0.3 is 10.6 Å². The van der Waals surface area contributed by atoms with E-state index in [-0.39, 0.29) is 0 Å². The second-order valence-electron chi connectivity index (χ2n) is 7.03. The van der Waals surface area contributed by atoms with Gasteiger partial charge in [-0.2, -0.15) is 0 Å². The summed E-state index contributed by atoms with van der Waals surface area (Å²) in [6.45, 7) is 1.60. The maximum Gasteiger partial charge on any atom is 0.154 e. The predicted molar refractivity (Wildman–Crippen MR) is 111 cm³/mol. The lowest BCUT2D eigenvalue weighted by molar-refractivity contribution is 0.388. The largest absolute Gasteiger partial charge is 0.379 e. The van der Waals surface area contributed by atoms with Gasteiger partial charge in [0.25, 0.3) is 0 Å². The van der Waals surface area contributed by atoms with E-state index in [4.69, 9.17) is 10.7 Å². The smallest absolute Gasteiger partial charge is 0.154 e. The molecule has 2 aliphatic heterocycles. The number of benzene rings is 1. The van der Waals surface area contributed by atoms with E-state index in [0.717, 1.165) is 41.4 Å². The zero-order valence-corrected chi connectivity index (χ0v) is 16.0. The number of hydrogen-bond donors (Lipinski definition) is 1. The third-order valence-electron chi connectivity index (χ3n) is 5.42. The Bertz CT molecular complexity index is 1010. The topological polar surface area (TPSA) is 93.2 Å². The normalized spacial score (nSPS) is 23.9. The molecule has 1 aromatic carbocycles. The fraction of sp³-hybridized carbons (Fsp3) is 0.250. The van der Waals surface area contributed by atoms with Crippen LogP contribution in [0.15, 0.2) is 66.6 Å². The van der Waals surface area contributed by atoms with Gasteiger partial charge in [0.1, 0.15) is 17.7 Å². The van der Waals surface area contributed by atoms with E-state index in [1.54, 1.807) is 30.5 Å². The number of aliphatic imine (C=N–C) groups is 1. The molecule has 2 aromatic heterocycles. The monoisotopic (exact) mass is 389 g/mol. The molecule has 5 rings (SSSR count).